The fraction of sp³-hybridized carbons (Fsp3) is 0.571. The van der Waals surface area contributed by atoms with Crippen LogP contribution in [0.3, 0.4) is 0 Å². The number of nitrogens with zero attached hydrogens (tertiary/aromatic N) is 2. The molecule has 0 bridgehead atoms. The summed E-state index contributed by atoms with van der Waals surface area (Å²) in [7, 11) is 0. The average Bonchev–Trinajstić information content (AvgIpc) is 2.37. The van der Waals surface area contributed by atoms with Crippen LogP contribution in [-0.2, 0) is 0 Å². The number of nitrogen functional groups attached to an aromatic ring is 1. The van der Waals surface area contributed by atoms with Crippen molar-refractivity contribution in [3.05, 3.63) is 17.8 Å². The third kappa shape index (κ3) is 3.13. The maximum absolute atomic E-state index is 8.75. The summed E-state index contributed by atoms with van der Waals surface area (Å²) in [6.07, 6.45) is 6.80. The van der Waals surface area contributed by atoms with E-state index < -0.39 is 0 Å². The van der Waals surface area contributed by atoms with E-state index in [0.717, 1.165) is 12.5 Å². The van der Waals surface area contributed by atoms with Crippen LogP contribution in [-0.4, -0.2) is 11.5 Å². The fourth-order valence-corrected chi connectivity index (χ4v) is 2.68. The zero-order chi connectivity index (χ0) is 13.0. The lowest BCUT2D eigenvalue weighted by molar-refractivity contribution is 0.293. The molecule has 3 N–H and O–H groups in total. The van der Waals surface area contributed by atoms with Crippen LogP contribution < -0.4 is 11.1 Å². The summed E-state index contributed by atoms with van der Waals surface area (Å²) in [5, 5.41) is 12.1. The van der Waals surface area contributed by atoms with Crippen molar-refractivity contribution < 1.29 is 0 Å². The van der Waals surface area contributed by atoms with Crippen molar-refractivity contribution >= 4 is 11.5 Å². The summed E-state index contributed by atoms with van der Waals surface area (Å²) in [6, 6.07) is 3.70. The molecule has 0 aromatic carbocycles. The van der Waals surface area contributed by atoms with Crippen molar-refractivity contribution in [1.82, 2.24) is 4.98 Å². The summed E-state index contributed by atoms with van der Waals surface area (Å²) >= 11 is 0. The van der Waals surface area contributed by atoms with Crippen LogP contribution in [0.2, 0.25) is 0 Å². The molecule has 2 atom stereocenters. The minimum atomic E-state index is 0.504. The van der Waals surface area contributed by atoms with Gasteiger partial charge in [-0.05, 0) is 30.7 Å². The zero-order valence-electron chi connectivity index (χ0n) is 10.8. The minimum Gasteiger partial charge on any atom is -0.396 e. The Morgan fingerprint density at radius 3 is 3.06 bits per heavy atom. The second-order valence-electron chi connectivity index (χ2n) is 5.29. The number of nitrogens with two attached hydrogens (primary N) is 1. The van der Waals surface area contributed by atoms with Crippen LogP contribution in [0.25, 0.3) is 0 Å². The van der Waals surface area contributed by atoms with E-state index in [4.69, 9.17) is 11.0 Å². The average molecular weight is 244 g/mol. The molecule has 0 radical (unpaired) electrons. The lowest BCUT2D eigenvalue weighted by Crippen LogP contribution is -2.21. The predicted octanol–water partition coefficient (Wildman–Crippen LogP) is 2.77. The number of aromatic nitrogens is 1. The van der Waals surface area contributed by atoms with Gasteiger partial charge in [0.25, 0.3) is 0 Å². The van der Waals surface area contributed by atoms with Gasteiger partial charge in [-0.2, -0.15) is 5.26 Å². The molecule has 96 valence electrons. The molecule has 1 fully saturated rings. The molecule has 4 heteroatoms. The molecule has 1 heterocycles. The van der Waals surface area contributed by atoms with Crippen molar-refractivity contribution in [3.8, 4) is 6.07 Å². The Kier molecular flexibility index (Phi) is 4.03. The number of anilines is 2. The van der Waals surface area contributed by atoms with Crippen LogP contribution >= 0.6 is 0 Å². The molecule has 18 heavy (non-hydrogen) atoms. The van der Waals surface area contributed by atoms with Crippen LogP contribution in [0.4, 0.5) is 11.5 Å². The molecule has 1 aliphatic carbocycles. The van der Waals surface area contributed by atoms with Crippen LogP contribution in [0, 0.1) is 23.2 Å². The number of hydrogen-bond donors (Lipinski definition) is 2. The number of hydrogen-bond acceptors (Lipinski definition) is 4. The lowest BCUT2D eigenvalue weighted by atomic mass is 9.82. The van der Waals surface area contributed by atoms with Crippen molar-refractivity contribution in [2.75, 3.05) is 17.6 Å². The Morgan fingerprint density at radius 2 is 2.39 bits per heavy atom. The van der Waals surface area contributed by atoms with Crippen LogP contribution in [0.1, 0.15) is 38.2 Å². The Balaban J connectivity index is 1.92. The Morgan fingerprint density at radius 1 is 1.56 bits per heavy atom. The highest BCUT2D eigenvalue weighted by Gasteiger charge is 2.18. The largest absolute Gasteiger partial charge is 0.396 e. The molecule has 1 aromatic rings. The molecule has 0 saturated heterocycles. The number of nitrogens with one attached hydrogen (secondary N) is 1. The highest BCUT2D eigenvalue weighted by molar-refractivity contribution is 5.63. The number of pyridine rings is 1. The first-order chi connectivity index (χ1) is 8.69. The predicted molar refractivity (Wildman–Crippen MR) is 73.0 cm³/mol. The van der Waals surface area contributed by atoms with Gasteiger partial charge in [0.05, 0.1) is 11.3 Å². The normalized spacial score (nSPS) is 23.3. The Hall–Kier alpha value is -1.76. The minimum absolute atomic E-state index is 0.504. The first-order valence-corrected chi connectivity index (χ1v) is 6.58. The van der Waals surface area contributed by atoms with Gasteiger partial charge in [-0.25, -0.2) is 4.98 Å². The van der Waals surface area contributed by atoms with Gasteiger partial charge >= 0.3 is 0 Å². The van der Waals surface area contributed by atoms with Crippen LogP contribution in [0.5, 0.6) is 0 Å². The SMILES string of the molecule is CC1CCCC(CNc2ncc(C#N)cc2N)C1. The van der Waals surface area contributed by atoms with E-state index in [1.807, 2.05) is 6.07 Å². The van der Waals surface area contributed by atoms with Gasteiger partial charge < -0.3 is 11.1 Å². The second kappa shape index (κ2) is 5.72. The van der Waals surface area contributed by atoms with Gasteiger partial charge in [0.15, 0.2) is 0 Å². The highest BCUT2D eigenvalue weighted by Crippen LogP contribution is 2.29. The number of nitriles is 1. The molecule has 2 rings (SSSR count). The van der Waals surface area contributed by atoms with E-state index in [-0.39, 0.29) is 0 Å². The first kappa shape index (κ1) is 12.7. The summed E-state index contributed by atoms with van der Waals surface area (Å²) < 4.78 is 0. The maximum atomic E-state index is 8.75. The number of rotatable bonds is 3. The third-order valence-electron chi connectivity index (χ3n) is 3.65. The molecular weight excluding hydrogens is 224 g/mol. The lowest BCUT2D eigenvalue weighted by Gasteiger charge is -2.27. The van der Waals surface area contributed by atoms with Crippen molar-refractivity contribution in [3.63, 3.8) is 0 Å². The fourth-order valence-electron chi connectivity index (χ4n) is 2.68. The quantitative estimate of drug-likeness (QED) is 0.857. The smallest absolute Gasteiger partial charge is 0.149 e. The van der Waals surface area contributed by atoms with Gasteiger partial charge in [-0.1, -0.05) is 19.8 Å². The molecule has 4 nitrogen and oxygen atoms in total. The summed E-state index contributed by atoms with van der Waals surface area (Å²) in [6.45, 7) is 3.24. The van der Waals surface area contributed by atoms with E-state index in [1.165, 1.54) is 25.7 Å². The van der Waals surface area contributed by atoms with Gasteiger partial charge in [-0.15, -0.1) is 0 Å². The molecule has 0 spiro atoms. The van der Waals surface area contributed by atoms with E-state index in [0.29, 0.717) is 23.0 Å². The van der Waals surface area contributed by atoms with Crippen molar-refractivity contribution in [2.24, 2.45) is 11.8 Å². The molecular formula is C14H20N4. The van der Waals surface area contributed by atoms with E-state index in [9.17, 15) is 0 Å². The van der Waals surface area contributed by atoms with Crippen molar-refractivity contribution in [1.29, 1.82) is 5.26 Å². The van der Waals surface area contributed by atoms with Crippen molar-refractivity contribution in [2.45, 2.75) is 32.6 Å². The highest BCUT2D eigenvalue weighted by atomic mass is 15.0. The topological polar surface area (TPSA) is 74.7 Å². The second-order valence-corrected chi connectivity index (χ2v) is 5.29. The van der Waals surface area contributed by atoms with Gasteiger partial charge in [0.2, 0.25) is 0 Å². The molecule has 0 aliphatic heterocycles. The standard InChI is InChI=1S/C14H20N4/c1-10-3-2-4-11(5-10)8-17-14-13(16)6-12(7-15)9-18-14/h6,9-11H,2-5,8,16H2,1H3,(H,17,18). The van der Waals surface area contributed by atoms with E-state index in [1.54, 1.807) is 12.3 Å². The molecule has 2 unspecified atom stereocenters. The van der Waals surface area contributed by atoms with Crippen LogP contribution in [0.15, 0.2) is 12.3 Å². The molecule has 1 aromatic heterocycles. The third-order valence-corrected chi connectivity index (χ3v) is 3.65. The summed E-state index contributed by atoms with van der Waals surface area (Å²) in [5.41, 5.74) is 6.92. The molecule has 1 aliphatic rings. The van der Waals surface area contributed by atoms with E-state index in [2.05, 4.69) is 17.2 Å². The monoisotopic (exact) mass is 244 g/mol. The summed E-state index contributed by atoms with van der Waals surface area (Å²) in [5.74, 6) is 2.25. The molecule has 1 saturated carbocycles. The Labute approximate surface area is 108 Å². The maximum Gasteiger partial charge on any atom is 0.149 e. The van der Waals surface area contributed by atoms with Gasteiger partial charge in [-0.3, -0.25) is 0 Å². The van der Waals surface area contributed by atoms with E-state index >= 15 is 0 Å². The molecule has 0 amide bonds. The zero-order valence-corrected chi connectivity index (χ0v) is 10.8. The first-order valence-electron chi connectivity index (χ1n) is 6.58. The van der Waals surface area contributed by atoms with Gasteiger partial charge in [0, 0.05) is 12.7 Å². The summed E-state index contributed by atoms with van der Waals surface area (Å²) in [4.78, 5) is 4.19. The Bertz CT molecular complexity index is 450. The van der Waals surface area contributed by atoms with Gasteiger partial charge in [0.1, 0.15) is 11.9 Å².